The second kappa shape index (κ2) is 5.23. The van der Waals surface area contributed by atoms with Gasteiger partial charge in [0.1, 0.15) is 0 Å². The molecule has 2 rings (SSSR count). The van der Waals surface area contributed by atoms with Crippen molar-refractivity contribution in [1.29, 1.82) is 0 Å². The molecule has 0 aliphatic carbocycles. The average molecular weight is 245 g/mol. The van der Waals surface area contributed by atoms with Gasteiger partial charge in [-0.15, -0.1) is 0 Å². The Kier molecular flexibility index (Phi) is 3.67. The summed E-state index contributed by atoms with van der Waals surface area (Å²) in [5.41, 5.74) is 1.68. The van der Waals surface area contributed by atoms with E-state index in [9.17, 15) is 4.79 Å². The summed E-state index contributed by atoms with van der Waals surface area (Å²) in [4.78, 5) is 17.2. The van der Waals surface area contributed by atoms with E-state index in [1.165, 1.54) is 0 Å². The SMILES string of the molecule is C[C@@H](CNC(=O)c1ccc2cc[nH]c2c1)N(C)C. The Bertz CT molecular complexity index is 545. The van der Waals surface area contributed by atoms with E-state index in [1.807, 2.05) is 44.6 Å². The van der Waals surface area contributed by atoms with Crippen LogP contribution in [0.15, 0.2) is 30.5 Å². The van der Waals surface area contributed by atoms with Crippen molar-refractivity contribution in [2.24, 2.45) is 0 Å². The molecule has 0 saturated carbocycles. The van der Waals surface area contributed by atoms with Gasteiger partial charge in [0.25, 0.3) is 5.91 Å². The predicted octanol–water partition coefficient (Wildman–Crippen LogP) is 1.85. The first kappa shape index (κ1) is 12.6. The van der Waals surface area contributed by atoms with Gasteiger partial charge in [-0.25, -0.2) is 0 Å². The number of likely N-dealkylation sites (N-methyl/N-ethyl adjacent to an activating group) is 1. The van der Waals surface area contributed by atoms with E-state index < -0.39 is 0 Å². The number of rotatable bonds is 4. The number of aromatic nitrogens is 1. The molecule has 1 aromatic heterocycles. The molecule has 18 heavy (non-hydrogen) atoms. The van der Waals surface area contributed by atoms with Gasteiger partial charge in [-0.2, -0.15) is 0 Å². The van der Waals surface area contributed by atoms with Crippen LogP contribution in [-0.2, 0) is 0 Å². The van der Waals surface area contributed by atoms with Crippen LogP contribution in [-0.4, -0.2) is 42.5 Å². The van der Waals surface area contributed by atoms with Gasteiger partial charge in [0.2, 0.25) is 0 Å². The summed E-state index contributed by atoms with van der Waals surface area (Å²) in [7, 11) is 4.00. The molecule has 4 nitrogen and oxygen atoms in total. The number of carbonyl (C=O) groups excluding carboxylic acids is 1. The van der Waals surface area contributed by atoms with E-state index in [1.54, 1.807) is 0 Å². The molecule has 4 heteroatoms. The van der Waals surface area contributed by atoms with Crippen LogP contribution in [0.25, 0.3) is 10.9 Å². The highest BCUT2D eigenvalue weighted by Gasteiger charge is 2.09. The summed E-state index contributed by atoms with van der Waals surface area (Å²) < 4.78 is 0. The summed E-state index contributed by atoms with van der Waals surface area (Å²) in [6.07, 6.45) is 1.88. The first-order valence-electron chi connectivity index (χ1n) is 6.09. The number of hydrogen-bond acceptors (Lipinski definition) is 2. The maximum absolute atomic E-state index is 12.0. The van der Waals surface area contributed by atoms with E-state index in [-0.39, 0.29) is 5.91 Å². The van der Waals surface area contributed by atoms with Crippen molar-refractivity contribution in [2.45, 2.75) is 13.0 Å². The van der Waals surface area contributed by atoms with Crippen molar-refractivity contribution in [3.05, 3.63) is 36.0 Å². The smallest absolute Gasteiger partial charge is 0.251 e. The van der Waals surface area contributed by atoms with Crippen LogP contribution < -0.4 is 5.32 Å². The summed E-state index contributed by atoms with van der Waals surface area (Å²) in [5, 5.41) is 4.06. The quantitative estimate of drug-likeness (QED) is 0.863. The zero-order valence-corrected chi connectivity index (χ0v) is 11.0. The molecular weight excluding hydrogens is 226 g/mol. The van der Waals surface area contributed by atoms with Crippen LogP contribution in [0.1, 0.15) is 17.3 Å². The van der Waals surface area contributed by atoms with Crippen molar-refractivity contribution in [3.8, 4) is 0 Å². The van der Waals surface area contributed by atoms with Crippen molar-refractivity contribution >= 4 is 16.8 Å². The third-order valence-electron chi connectivity index (χ3n) is 3.26. The minimum Gasteiger partial charge on any atom is -0.361 e. The second-order valence-electron chi connectivity index (χ2n) is 4.80. The average Bonchev–Trinajstić information content (AvgIpc) is 2.82. The van der Waals surface area contributed by atoms with Crippen LogP contribution in [0.5, 0.6) is 0 Å². The van der Waals surface area contributed by atoms with Crippen LogP contribution in [0.4, 0.5) is 0 Å². The molecule has 0 saturated heterocycles. The lowest BCUT2D eigenvalue weighted by Crippen LogP contribution is -2.38. The standard InChI is InChI=1S/C14H19N3O/c1-10(17(2)3)9-16-14(18)12-5-4-11-6-7-15-13(11)8-12/h4-8,10,15H,9H2,1-3H3,(H,16,18)/t10-/m0/s1. The van der Waals surface area contributed by atoms with Gasteiger partial charge in [-0.05, 0) is 44.6 Å². The van der Waals surface area contributed by atoms with Crippen molar-refractivity contribution < 1.29 is 4.79 Å². The maximum atomic E-state index is 12.0. The Hall–Kier alpha value is -1.81. The van der Waals surface area contributed by atoms with Crippen LogP contribution >= 0.6 is 0 Å². The molecule has 1 atom stereocenters. The third kappa shape index (κ3) is 2.71. The molecular formula is C14H19N3O. The van der Waals surface area contributed by atoms with Crippen LogP contribution in [0.2, 0.25) is 0 Å². The zero-order chi connectivity index (χ0) is 13.1. The number of nitrogens with one attached hydrogen (secondary N) is 2. The number of nitrogens with zero attached hydrogens (tertiary/aromatic N) is 1. The highest BCUT2D eigenvalue weighted by atomic mass is 16.1. The summed E-state index contributed by atoms with van der Waals surface area (Å²) in [5.74, 6) is -0.0276. The number of carbonyl (C=O) groups is 1. The Morgan fingerprint density at radius 3 is 2.89 bits per heavy atom. The zero-order valence-electron chi connectivity index (χ0n) is 11.0. The van der Waals surface area contributed by atoms with E-state index in [0.29, 0.717) is 18.2 Å². The van der Waals surface area contributed by atoms with Crippen molar-refractivity contribution in [2.75, 3.05) is 20.6 Å². The Balaban J connectivity index is 2.04. The molecule has 1 heterocycles. The lowest BCUT2D eigenvalue weighted by Gasteiger charge is -2.19. The molecule has 0 aliphatic heterocycles. The van der Waals surface area contributed by atoms with E-state index >= 15 is 0 Å². The monoisotopic (exact) mass is 245 g/mol. The highest BCUT2D eigenvalue weighted by Crippen LogP contribution is 2.13. The predicted molar refractivity (Wildman–Crippen MR) is 73.8 cm³/mol. The molecule has 0 fully saturated rings. The molecule has 0 aliphatic rings. The Morgan fingerprint density at radius 2 is 2.17 bits per heavy atom. The molecule has 0 spiro atoms. The van der Waals surface area contributed by atoms with Crippen LogP contribution in [0, 0.1) is 0 Å². The molecule has 0 unspecified atom stereocenters. The van der Waals surface area contributed by atoms with E-state index in [4.69, 9.17) is 0 Å². The van der Waals surface area contributed by atoms with Gasteiger partial charge in [0.05, 0.1) is 0 Å². The summed E-state index contributed by atoms with van der Waals surface area (Å²) >= 11 is 0. The highest BCUT2D eigenvalue weighted by molar-refractivity contribution is 5.97. The fourth-order valence-electron chi connectivity index (χ4n) is 1.71. The Morgan fingerprint density at radius 1 is 1.39 bits per heavy atom. The molecule has 96 valence electrons. The van der Waals surface area contributed by atoms with Gasteiger partial charge in [-0.3, -0.25) is 4.79 Å². The minimum absolute atomic E-state index is 0.0276. The van der Waals surface area contributed by atoms with Gasteiger partial charge in [-0.1, -0.05) is 6.07 Å². The van der Waals surface area contributed by atoms with Crippen LogP contribution in [0.3, 0.4) is 0 Å². The Labute approximate surface area is 107 Å². The molecule has 0 radical (unpaired) electrons. The van der Waals surface area contributed by atoms with E-state index in [0.717, 1.165) is 10.9 Å². The number of H-pyrrole nitrogens is 1. The van der Waals surface area contributed by atoms with Gasteiger partial charge in [0.15, 0.2) is 0 Å². The molecule has 1 amide bonds. The summed E-state index contributed by atoms with van der Waals surface area (Å²) in [6.45, 7) is 2.73. The number of benzene rings is 1. The minimum atomic E-state index is -0.0276. The maximum Gasteiger partial charge on any atom is 0.251 e. The van der Waals surface area contributed by atoms with Gasteiger partial charge < -0.3 is 15.2 Å². The third-order valence-corrected chi connectivity index (χ3v) is 3.26. The normalized spacial score (nSPS) is 12.9. The summed E-state index contributed by atoms with van der Waals surface area (Å²) in [6, 6.07) is 8.00. The molecule has 2 aromatic rings. The first-order chi connectivity index (χ1) is 8.58. The molecule has 1 aromatic carbocycles. The topological polar surface area (TPSA) is 48.1 Å². The van der Waals surface area contributed by atoms with Gasteiger partial charge >= 0.3 is 0 Å². The molecule has 0 bridgehead atoms. The number of amides is 1. The molecule has 2 N–H and O–H groups in total. The second-order valence-corrected chi connectivity index (χ2v) is 4.80. The first-order valence-corrected chi connectivity index (χ1v) is 6.09. The fourth-order valence-corrected chi connectivity index (χ4v) is 1.71. The van der Waals surface area contributed by atoms with Gasteiger partial charge in [0, 0.05) is 29.9 Å². The largest absolute Gasteiger partial charge is 0.361 e. The number of aromatic amines is 1. The number of hydrogen-bond donors (Lipinski definition) is 2. The lowest BCUT2D eigenvalue weighted by molar-refractivity contribution is 0.0944. The fraction of sp³-hybridized carbons (Fsp3) is 0.357. The van der Waals surface area contributed by atoms with Crippen molar-refractivity contribution in [3.63, 3.8) is 0 Å². The number of fused-ring (bicyclic) bond motifs is 1. The lowest BCUT2D eigenvalue weighted by atomic mass is 10.1. The van der Waals surface area contributed by atoms with E-state index in [2.05, 4.69) is 22.1 Å². The van der Waals surface area contributed by atoms with Crippen molar-refractivity contribution in [1.82, 2.24) is 15.2 Å².